The lowest BCUT2D eigenvalue weighted by Gasteiger charge is -2.13. The van der Waals surface area contributed by atoms with Crippen LogP contribution < -0.4 is 0 Å². The van der Waals surface area contributed by atoms with Crippen LogP contribution in [-0.4, -0.2) is 30.2 Å². The molecule has 0 spiro atoms. The lowest BCUT2D eigenvalue weighted by atomic mass is 10.1. The molecule has 0 heterocycles. The van der Waals surface area contributed by atoms with Crippen molar-refractivity contribution in [3.63, 3.8) is 0 Å². The average molecular weight is 170 g/mol. The van der Waals surface area contributed by atoms with E-state index in [1.165, 1.54) is 0 Å². The van der Waals surface area contributed by atoms with Gasteiger partial charge in [-0.25, -0.2) is 0 Å². The zero-order valence-corrected chi connectivity index (χ0v) is 7.03. The highest BCUT2D eigenvalue weighted by molar-refractivity contribution is 5.90. The maximum atomic E-state index is 11.0. The van der Waals surface area contributed by atoms with E-state index in [4.69, 9.17) is 9.84 Å². The van der Waals surface area contributed by atoms with Gasteiger partial charge in [0, 0.05) is 6.42 Å². The van der Waals surface area contributed by atoms with Gasteiger partial charge in [-0.2, -0.15) is 0 Å². The Morgan fingerprint density at radius 2 is 2.50 bits per heavy atom. The molecule has 0 saturated carbocycles. The first-order valence-corrected chi connectivity index (χ1v) is 4.25. The minimum absolute atomic E-state index is 0.000324. The minimum Gasteiger partial charge on any atom is -0.394 e. The van der Waals surface area contributed by atoms with E-state index < -0.39 is 0 Å². The van der Waals surface area contributed by atoms with Crippen LogP contribution in [0.3, 0.4) is 0 Å². The number of hydrogen-bond donors (Lipinski definition) is 1. The van der Waals surface area contributed by atoms with Gasteiger partial charge in [0.1, 0.15) is 0 Å². The third-order valence-corrected chi connectivity index (χ3v) is 1.83. The number of aliphatic hydroxyl groups is 1. The molecule has 1 unspecified atom stereocenters. The number of aliphatic hydroxyl groups excluding tert-OH is 1. The summed E-state index contributed by atoms with van der Waals surface area (Å²) < 4.78 is 5.27. The van der Waals surface area contributed by atoms with Crippen LogP contribution in [0.1, 0.15) is 19.3 Å². The molecule has 0 amide bonds. The van der Waals surface area contributed by atoms with Gasteiger partial charge in [-0.15, -0.1) is 0 Å². The first-order valence-electron chi connectivity index (χ1n) is 4.25. The molecule has 12 heavy (non-hydrogen) atoms. The van der Waals surface area contributed by atoms with Crippen LogP contribution in [0.15, 0.2) is 12.2 Å². The number of ether oxygens (including phenoxy) is 1. The molecule has 3 heteroatoms. The average Bonchev–Trinajstić information content (AvgIpc) is 2.26. The SMILES string of the molecule is O=C1C=CCCC(OCCO)C1. The summed E-state index contributed by atoms with van der Waals surface area (Å²) in [6, 6.07) is 0. The van der Waals surface area contributed by atoms with E-state index >= 15 is 0 Å². The summed E-state index contributed by atoms with van der Waals surface area (Å²) in [6.07, 6.45) is 5.72. The molecule has 0 aromatic carbocycles. The van der Waals surface area contributed by atoms with Gasteiger partial charge in [-0.1, -0.05) is 6.08 Å². The van der Waals surface area contributed by atoms with Crippen molar-refractivity contribution in [2.45, 2.75) is 25.4 Å². The smallest absolute Gasteiger partial charge is 0.157 e. The van der Waals surface area contributed by atoms with Crippen molar-refractivity contribution in [1.82, 2.24) is 0 Å². The Morgan fingerprint density at radius 1 is 1.67 bits per heavy atom. The molecule has 3 nitrogen and oxygen atoms in total. The van der Waals surface area contributed by atoms with Gasteiger partial charge in [0.25, 0.3) is 0 Å². The van der Waals surface area contributed by atoms with Crippen molar-refractivity contribution in [2.24, 2.45) is 0 Å². The van der Waals surface area contributed by atoms with E-state index in [-0.39, 0.29) is 18.5 Å². The second-order valence-corrected chi connectivity index (χ2v) is 2.87. The van der Waals surface area contributed by atoms with Crippen LogP contribution in [0.25, 0.3) is 0 Å². The summed E-state index contributed by atoms with van der Waals surface area (Å²) in [5, 5.41) is 8.51. The van der Waals surface area contributed by atoms with Crippen LogP contribution >= 0.6 is 0 Å². The van der Waals surface area contributed by atoms with Crippen molar-refractivity contribution >= 4 is 5.78 Å². The summed E-state index contributed by atoms with van der Waals surface area (Å²) in [6.45, 7) is 0.357. The molecule has 1 N–H and O–H groups in total. The summed E-state index contributed by atoms with van der Waals surface area (Å²) in [7, 11) is 0. The molecule has 0 fully saturated rings. The van der Waals surface area contributed by atoms with Gasteiger partial charge >= 0.3 is 0 Å². The van der Waals surface area contributed by atoms with E-state index in [9.17, 15) is 4.79 Å². The number of hydrogen-bond acceptors (Lipinski definition) is 3. The molecule has 0 aliphatic heterocycles. The predicted molar refractivity (Wildman–Crippen MR) is 44.8 cm³/mol. The Balaban J connectivity index is 2.30. The summed E-state index contributed by atoms with van der Waals surface area (Å²) in [5.74, 6) is 0.121. The number of carbonyl (C=O) groups is 1. The second-order valence-electron chi connectivity index (χ2n) is 2.87. The Hall–Kier alpha value is -0.670. The standard InChI is InChI=1S/C9H14O3/c10-5-6-12-9-4-2-1-3-8(11)7-9/h1,3,9-10H,2,4-7H2. The van der Waals surface area contributed by atoms with E-state index in [0.29, 0.717) is 13.0 Å². The number of carbonyl (C=O) groups excluding carboxylic acids is 1. The van der Waals surface area contributed by atoms with Gasteiger partial charge in [-0.05, 0) is 18.9 Å². The van der Waals surface area contributed by atoms with Crippen molar-refractivity contribution in [1.29, 1.82) is 0 Å². The monoisotopic (exact) mass is 170 g/mol. The fourth-order valence-electron chi connectivity index (χ4n) is 1.25. The van der Waals surface area contributed by atoms with Crippen molar-refractivity contribution in [3.8, 4) is 0 Å². The van der Waals surface area contributed by atoms with Crippen molar-refractivity contribution in [3.05, 3.63) is 12.2 Å². The number of rotatable bonds is 3. The molecule has 1 atom stereocenters. The van der Waals surface area contributed by atoms with E-state index in [1.807, 2.05) is 6.08 Å². The molecule has 1 rings (SSSR count). The third kappa shape index (κ3) is 3.15. The highest BCUT2D eigenvalue weighted by Crippen LogP contribution is 2.12. The largest absolute Gasteiger partial charge is 0.394 e. The predicted octanol–water partition coefficient (Wildman–Crippen LogP) is 0.673. The van der Waals surface area contributed by atoms with Crippen molar-refractivity contribution in [2.75, 3.05) is 13.2 Å². The third-order valence-electron chi connectivity index (χ3n) is 1.83. The van der Waals surface area contributed by atoms with Crippen LogP contribution in [0, 0.1) is 0 Å². The Bertz CT molecular complexity index is 175. The van der Waals surface area contributed by atoms with Crippen molar-refractivity contribution < 1.29 is 14.6 Å². The summed E-state index contributed by atoms with van der Waals surface area (Å²) >= 11 is 0. The molecule has 68 valence electrons. The van der Waals surface area contributed by atoms with E-state index in [0.717, 1.165) is 12.8 Å². The quantitative estimate of drug-likeness (QED) is 0.677. The molecule has 1 aliphatic rings. The van der Waals surface area contributed by atoms with Crippen LogP contribution in [-0.2, 0) is 9.53 Å². The van der Waals surface area contributed by atoms with Crippen LogP contribution in [0.2, 0.25) is 0 Å². The summed E-state index contributed by atoms with van der Waals surface area (Å²) in [4.78, 5) is 11.0. The maximum absolute atomic E-state index is 11.0. The molecule has 0 saturated heterocycles. The molecule has 0 aromatic rings. The second kappa shape index (κ2) is 5.06. The van der Waals surface area contributed by atoms with E-state index in [1.54, 1.807) is 6.08 Å². The Labute approximate surface area is 72.0 Å². The molecular weight excluding hydrogens is 156 g/mol. The van der Waals surface area contributed by atoms with Gasteiger partial charge in [0.15, 0.2) is 5.78 Å². The zero-order valence-electron chi connectivity index (χ0n) is 7.03. The molecule has 0 bridgehead atoms. The molecule has 1 aliphatic carbocycles. The molecule has 0 radical (unpaired) electrons. The van der Waals surface area contributed by atoms with E-state index in [2.05, 4.69) is 0 Å². The number of allylic oxidation sites excluding steroid dienone is 2. The normalized spacial score (nSPS) is 24.1. The van der Waals surface area contributed by atoms with Crippen LogP contribution in [0.5, 0.6) is 0 Å². The maximum Gasteiger partial charge on any atom is 0.157 e. The van der Waals surface area contributed by atoms with Crippen LogP contribution in [0.4, 0.5) is 0 Å². The Kier molecular flexibility index (Phi) is 3.97. The molecule has 0 aromatic heterocycles. The van der Waals surface area contributed by atoms with Gasteiger partial charge in [0.2, 0.25) is 0 Å². The lowest BCUT2D eigenvalue weighted by Crippen LogP contribution is -2.17. The minimum atomic E-state index is -0.000324. The highest BCUT2D eigenvalue weighted by atomic mass is 16.5. The zero-order chi connectivity index (χ0) is 8.81. The topological polar surface area (TPSA) is 46.5 Å². The summed E-state index contributed by atoms with van der Waals surface area (Å²) in [5.41, 5.74) is 0. The lowest BCUT2D eigenvalue weighted by molar-refractivity contribution is -0.117. The Morgan fingerprint density at radius 3 is 3.25 bits per heavy atom. The van der Waals surface area contributed by atoms with Gasteiger partial charge in [-0.3, -0.25) is 4.79 Å². The first-order chi connectivity index (χ1) is 5.83. The number of ketones is 1. The fourth-order valence-corrected chi connectivity index (χ4v) is 1.25. The first kappa shape index (κ1) is 9.42. The van der Waals surface area contributed by atoms with Gasteiger partial charge in [0.05, 0.1) is 19.3 Å². The fraction of sp³-hybridized carbons (Fsp3) is 0.667. The highest BCUT2D eigenvalue weighted by Gasteiger charge is 2.14. The molecular formula is C9H14O3. The van der Waals surface area contributed by atoms with Gasteiger partial charge < -0.3 is 9.84 Å².